The van der Waals surface area contributed by atoms with Crippen LogP contribution in [0.3, 0.4) is 0 Å². The smallest absolute Gasteiger partial charge is 0.289 e. The fraction of sp³-hybridized carbons (Fsp3) is 0.522. The van der Waals surface area contributed by atoms with Gasteiger partial charge in [0, 0.05) is 32.8 Å². The van der Waals surface area contributed by atoms with Gasteiger partial charge in [0.15, 0.2) is 17.3 Å². The van der Waals surface area contributed by atoms with Crippen LogP contribution in [0.25, 0.3) is 0 Å². The number of carbonyl (C=O) groups excluding carboxylic acids is 1. The van der Waals surface area contributed by atoms with E-state index in [4.69, 9.17) is 18.6 Å². The van der Waals surface area contributed by atoms with Gasteiger partial charge >= 0.3 is 0 Å². The maximum atomic E-state index is 12.8. The summed E-state index contributed by atoms with van der Waals surface area (Å²) in [7, 11) is 7.03. The molecule has 7 heteroatoms. The first-order valence-electron chi connectivity index (χ1n) is 10.3. The Morgan fingerprint density at radius 2 is 1.97 bits per heavy atom. The minimum Gasteiger partial charge on any atom is -0.493 e. The number of ether oxygens (including phenoxy) is 3. The van der Waals surface area contributed by atoms with Gasteiger partial charge in [-0.05, 0) is 56.1 Å². The molecule has 1 saturated heterocycles. The van der Waals surface area contributed by atoms with Crippen LogP contribution in [0.15, 0.2) is 34.7 Å². The highest BCUT2D eigenvalue weighted by molar-refractivity contribution is 5.91. The maximum absolute atomic E-state index is 12.8. The summed E-state index contributed by atoms with van der Waals surface area (Å²) in [4.78, 5) is 17.1. The lowest BCUT2D eigenvalue weighted by Gasteiger charge is -2.37. The molecule has 1 aromatic heterocycles. The van der Waals surface area contributed by atoms with Gasteiger partial charge in [-0.2, -0.15) is 0 Å². The largest absolute Gasteiger partial charge is 0.493 e. The minimum absolute atomic E-state index is 0.0460. The first kappa shape index (κ1) is 22.2. The van der Waals surface area contributed by atoms with E-state index in [-0.39, 0.29) is 5.91 Å². The zero-order valence-corrected chi connectivity index (χ0v) is 18.3. The maximum Gasteiger partial charge on any atom is 0.289 e. The van der Waals surface area contributed by atoms with E-state index in [9.17, 15) is 4.79 Å². The summed E-state index contributed by atoms with van der Waals surface area (Å²) in [6, 6.07) is 9.90. The van der Waals surface area contributed by atoms with Crippen molar-refractivity contribution in [3.63, 3.8) is 0 Å². The summed E-state index contributed by atoms with van der Waals surface area (Å²) < 4.78 is 21.4. The zero-order valence-electron chi connectivity index (χ0n) is 18.3. The number of likely N-dealkylation sites (N-methyl/N-ethyl adjacent to an activating group) is 1. The predicted molar refractivity (Wildman–Crippen MR) is 114 cm³/mol. The van der Waals surface area contributed by atoms with E-state index < -0.39 is 0 Å². The molecule has 0 bridgehead atoms. The SMILES string of the molecule is COCc1ccc(C(=O)N2CCC[C@H](N(C)CCc3ccc(OC)c(OC)c3)C2)o1. The van der Waals surface area contributed by atoms with Gasteiger partial charge in [0.25, 0.3) is 5.91 Å². The first-order valence-corrected chi connectivity index (χ1v) is 10.3. The van der Waals surface area contributed by atoms with Crippen molar-refractivity contribution in [3.8, 4) is 11.5 Å². The van der Waals surface area contributed by atoms with E-state index in [1.807, 2.05) is 17.0 Å². The van der Waals surface area contributed by atoms with Gasteiger partial charge in [-0.15, -0.1) is 0 Å². The lowest BCUT2D eigenvalue weighted by Crippen LogP contribution is -2.49. The minimum atomic E-state index is -0.0460. The Kier molecular flexibility index (Phi) is 7.76. The fourth-order valence-electron chi connectivity index (χ4n) is 3.89. The highest BCUT2D eigenvalue weighted by atomic mass is 16.5. The number of furan rings is 1. The van der Waals surface area contributed by atoms with E-state index in [1.165, 1.54) is 5.56 Å². The Hall–Kier alpha value is -2.51. The standard InChI is InChI=1S/C23H32N2O5/c1-24(13-11-17-7-9-20(28-3)22(14-17)29-4)18-6-5-12-25(15-18)23(26)21-10-8-19(30-21)16-27-2/h7-10,14,18H,5-6,11-13,15-16H2,1-4H3/t18-/m0/s1. The monoisotopic (exact) mass is 416 g/mol. The molecule has 0 saturated carbocycles. The van der Waals surface area contributed by atoms with Crippen LogP contribution >= 0.6 is 0 Å². The molecule has 3 rings (SSSR count). The molecule has 7 nitrogen and oxygen atoms in total. The molecule has 0 unspecified atom stereocenters. The second kappa shape index (κ2) is 10.5. The lowest BCUT2D eigenvalue weighted by atomic mass is 10.0. The van der Waals surface area contributed by atoms with Gasteiger partial charge < -0.3 is 28.4 Å². The molecule has 164 valence electrons. The molecule has 1 aromatic carbocycles. The van der Waals surface area contributed by atoms with E-state index >= 15 is 0 Å². The van der Waals surface area contributed by atoms with Crippen LogP contribution in [0.5, 0.6) is 11.5 Å². The summed E-state index contributed by atoms with van der Waals surface area (Å²) in [5, 5.41) is 0. The van der Waals surface area contributed by atoms with Gasteiger partial charge in [0.1, 0.15) is 12.4 Å². The van der Waals surface area contributed by atoms with Crippen LogP contribution in [0.2, 0.25) is 0 Å². The van der Waals surface area contributed by atoms with Gasteiger partial charge in [-0.25, -0.2) is 0 Å². The van der Waals surface area contributed by atoms with Crippen molar-refractivity contribution in [2.24, 2.45) is 0 Å². The van der Waals surface area contributed by atoms with E-state index in [0.717, 1.165) is 43.9 Å². The van der Waals surface area contributed by atoms with Crippen molar-refractivity contribution >= 4 is 5.91 Å². The number of likely N-dealkylation sites (tertiary alicyclic amines) is 1. The first-order chi connectivity index (χ1) is 14.5. The normalized spacial score (nSPS) is 16.7. The van der Waals surface area contributed by atoms with Crippen molar-refractivity contribution in [1.82, 2.24) is 9.80 Å². The van der Waals surface area contributed by atoms with Gasteiger partial charge in [0.05, 0.1) is 14.2 Å². The summed E-state index contributed by atoms with van der Waals surface area (Å²) in [5.41, 5.74) is 1.20. The number of amides is 1. The van der Waals surface area contributed by atoms with E-state index in [0.29, 0.717) is 30.7 Å². The second-order valence-electron chi connectivity index (χ2n) is 7.67. The average Bonchev–Trinajstić information content (AvgIpc) is 3.25. The van der Waals surface area contributed by atoms with Crippen molar-refractivity contribution < 1.29 is 23.4 Å². The van der Waals surface area contributed by atoms with Crippen LogP contribution < -0.4 is 9.47 Å². The van der Waals surface area contributed by atoms with Crippen molar-refractivity contribution in [3.05, 3.63) is 47.4 Å². The highest BCUT2D eigenvalue weighted by Gasteiger charge is 2.28. The number of piperidine rings is 1. The molecule has 1 aliphatic heterocycles. The third kappa shape index (κ3) is 5.34. The van der Waals surface area contributed by atoms with Crippen molar-refractivity contribution in [2.75, 3.05) is 48.0 Å². The van der Waals surface area contributed by atoms with Crippen molar-refractivity contribution in [1.29, 1.82) is 0 Å². The Morgan fingerprint density at radius 1 is 1.17 bits per heavy atom. The number of carbonyl (C=O) groups is 1. The fourth-order valence-corrected chi connectivity index (χ4v) is 3.89. The van der Waals surface area contributed by atoms with Crippen LogP contribution in [0.4, 0.5) is 0 Å². The Labute approximate surface area is 178 Å². The Balaban J connectivity index is 1.56. The molecule has 0 aliphatic carbocycles. The van der Waals surface area contributed by atoms with Crippen LogP contribution in [-0.4, -0.2) is 69.8 Å². The number of methoxy groups -OCH3 is 3. The molecule has 0 radical (unpaired) electrons. The van der Waals surface area contributed by atoms with E-state index in [2.05, 4.69) is 18.0 Å². The van der Waals surface area contributed by atoms with Gasteiger partial charge in [-0.3, -0.25) is 4.79 Å². The quantitative estimate of drug-likeness (QED) is 0.625. The molecule has 2 heterocycles. The average molecular weight is 417 g/mol. The highest BCUT2D eigenvalue weighted by Crippen LogP contribution is 2.28. The Morgan fingerprint density at radius 3 is 2.70 bits per heavy atom. The summed E-state index contributed by atoms with van der Waals surface area (Å²) in [6.07, 6.45) is 2.97. The molecule has 1 atom stereocenters. The second-order valence-corrected chi connectivity index (χ2v) is 7.67. The zero-order chi connectivity index (χ0) is 21.5. The number of hydrogen-bond acceptors (Lipinski definition) is 6. The third-order valence-electron chi connectivity index (χ3n) is 5.67. The van der Waals surface area contributed by atoms with E-state index in [1.54, 1.807) is 33.5 Å². The number of nitrogens with zero attached hydrogens (tertiary/aromatic N) is 2. The molecule has 30 heavy (non-hydrogen) atoms. The molecule has 0 N–H and O–H groups in total. The molecule has 0 spiro atoms. The number of hydrogen-bond donors (Lipinski definition) is 0. The Bertz CT molecular complexity index is 835. The molecule has 2 aromatic rings. The molecule has 1 amide bonds. The van der Waals surface area contributed by atoms with Crippen LogP contribution in [-0.2, 0) is 17.8 Å². The van der Waals surface area contributed by atoms with Gasteiger partial charge in [0.2, 0.25) is 0 Å². The number of benzene rings is 1. The predicted octanol–water partition coefficient (Wildman–Crippen LogP) is 3.22. The van der Waals surface area contributed by atoms with Crippen LogP contribution in [0, 0.1) is 0 Å². The summed E-state index contributed by atoms with van der Waals surface area (Å²) in [5.74, 6) is 2.49. The third-order valence-corrected chi connectivity index (χ3v) is 5.67. The molecular weight excluding hydrogens is 384 g/mol. The topological polar surface area (TPSA) is 64.4 Å². The molecular formula is C23H32N2O5. The summed E-state index contributed by atoms with van der Waals surface area (Å²) in [6.45, 7) is 2.75. The van der Waals surface area contributed by atoms with Gasteiger partial charge in [-0.1, -0.05) is 6.07 Å². The molecule has 1 aliphatic rings. The number of rotatable bonds is 9. The summed E-state index contributed by atoms with van der Waals surface area (Å²) >= 11 is 0. The molecule has 1 fully saturated rings. The van der Waals surface area contributed by atoms with Crippen LogP contribution in [0.1, 0.15) is 34.7 Å². The lowest BCUT2D eigenvalue weighted by molar-refractivity contribution is 0.0575. The van der Waals surface area contributed by atoms with Crippen molar-refractivity contribution in [2.45, 2.75) is 31.9 Å².